The van der Waals surface area contributed by atoms with E-state index in [1.165, 1.54) is 11.1 Å². The topological polar surface area (TPSA) is 152 Å². The summed E-state index contributed by atoms with van der Waals surface area (Å²) in [6.07, 6.45) is -2.34. The van der Waals surface area contributed by atoms with Crippen molar-refractivity contribution in [1.82, 2.24) is 10.6 Å². The van der Waals surface area contributed by atoms with Gasteiger partial charge in [-0.05, 0) is 84.5 Å². The molecule has 42 heavy (non-hydrogen) atoms. The number of aryl methyl sites for hydroxylation is 2. The van der Waals surface area contributed by atoms with E-state index < -0.39 is 37.1 Å². The van der Waals surface area contributed by atoms with E-state index in [2.05, 4.69) is 22.8 Å². The summed E-state index contributed by atoms with van der Waals surface area (Å²) < 4.78 is 5.67. The number of hydrogen-bond acceptors (Lipinski definition) is 7. The number of fused-ring (bicyclic) bond motifs is 1. The molecule has 9 heteroatoms. The Hall–Kier alpha value is -3.47. The Bertz CT molecular complexity index is 1380. The van der Waals surface area contributed by atoms with Gasteiger partial charge in [0.05, 0.1) is 12.6 Å². The molecule has 0 spiro atoms. The number of carbonyl (C=O) groups is 1. The molecular weight excluding hydrogens is 536 g/mol. The first-order chi connectivity index (χ1) is 20.2. The number of nitrogens with one attached hydrogen (secondary N) is 2. The van der Waals surface area contributed by atoms with Gasteiger partial charge in [0.2, 0.25) is 0 Å². The van der Waals surface area contributed by atoms with Crippen LogP contribution in [0.5, 0.6) is 5.75 Å². The van der Waals surface area contributed by atoms with Crippen molar-refractivity contribution in [3.63, 3.8) is 0 Å². The smallest absolute Gasteiger partial charge is 0.315 e. The number of ether oxygens (including phenoxy) is 1. The molecule has 9 nitrogen and oxygen atoms in total. The normalized spacial score (nSPS) is 25.5. The van der Waals surface area contributed by atoms with Crippen molar-refractivity contribution >= 4 is 6.03 Å². The molecule has 224 valence electrons. The van der Waals surface area contributed by atoms with E-state index in [-0.39, 0.29) is 23.4 Å². The molecule has 3 aromatic rings. The van der Waals surface area contributed by atoms with Crippen LogP contribution in [-0.4, -0.2) is 69.1 Å². The van der Waals surface area contributed by atoms with Gasteiger partial charge in [0, 0.05) is 12.1 Å². The second kappa shape index (κ2) is 13.2. The molecule has 7 N–H and O–H groups in total. The Morgan fingerprint density at radius 1 is 0.952 bits per heavy atom. The third kappa shape index (κ3) is 6.61. The molecule has 2 amide bonds. The first kappa shape index (κ1) is 30.0. The number of amides is 2. The third-order valence-electron chi connectivity index (χ3n) is 8.48. The minimum Gasteiger partial charge on any atom is -0.508 e. The molecule has 1 saturated heterocycles. The van der Waals surface area contributed by atoms with E-state index in [0.717, 1.165) is 41.5 Å². The number of phenols is 1. The highest BCUT2D eigenvalue weighted by atomic mass is 16.5. The molecule has 1 aliphatic heterocycles. The van der Waals surface area contributed by atoms with Crippen LogP contribution < -0.4 is 10.6 Å². The summed E-state index contributed by atoms with van der Waals surface area (Å²) >= 11 is 0. The zero-order valence-electron chi connectivity index (χ0n) is 23.7. The summed E-state index contributed by atoms with van der Waals surface area (Å²) in [6.45, 7) is 1.85. The Labute approximate surface area is 245 Å². The third-order valence-corrected chi connectivity index (χ3v) is 8.48. The van der Waals surface area contributed by atoms with Gasteiger partial charge >= 0.3 is 6.03 Å². The van der Waals surface area contributed by atoms with Crippen molar-refractivity contribution in [2.75, 3.05) is 13.2 Å². The standard InChI is InChI=1S/C33H40N2O7/c1-19-15-27(37)25(32-31(40)30(39)29(38)28(18-36)42-32)17-23(19)16-21-11-9-20(10-12-21)13-14-34-33(41)35-26-8-4-6-22-5-2-3-7-24(22)26/h2-3,5,7,9-12,15,17,26,28-32,36-40H,4,6,8,13-14,16,18H2,1H3,(H2,34,35,41)/t26?,28-,29-,30+,31-,32+/m1/s1. The molecule has 1 fully saturated rings. The number of carbonyl (C=O) groups excluding carboxylic acids is 1. The second-order valence-electron chi connectivity index (χ2n) is 11.4. The van der Waals surface area contributed by atoms with Crippen molar-refractivity contribution in [2.24, 2.45) is 0 Å². The van der Waals surface area contributed by atoms with Crippen LogP contribution in [-0.2, 0) is 24.0 Å². The predicted molar refractivity (Wildman–Crippen MR) is 157 cm³/mol. The highest BCUT2D eigenvalue weighted by Crippen LogP contribution is 2.38. The van der Waals surface area contributed by atoms with Crippen molar-refractivity contribution < 1.29 is 35.1 Å². The van der Waals surface area contributed by atoms with Gasteiger partial charge in [-0.3, -0.25) is 0 Å². The van der Waals surface area contributed by atoms with Crippen LogP contribution in [0.4, 0.5) is 4.79 Å². The second-order valence-corrected chi connectivity index (χ2v) is 11.4. The van der Waals surface area contributed by atoms with Crippen LogP contribution in [0.1, 0.15) is 63.9 Å². The van der Waals surface area contributed by atoms with Crippen LogP contribution in [0.25, 0.3) is 0 Å². The molecule has 5 rings (SSSR count). The van der Waals surface area contributed by atoms with Gasteiger partial charge in [-0.15, -0.1) is 0 Å². The molecule has 1 heterocycles. The average Bonchev–Trinajstić information content (AvgIpc) is 2.99. The molecular formula is C33H40N2O7. The first-order valence-corrected chi connectivity index (χ1v) is 14.6. The van der Waals surface area contributed by atoms with Gasteiger partial charge in [0.1, 0.15) is 36.3 Å². The van der Waals surface area contributed by atoms with Crippen molar-refractivity contribution in [3.8, 4) is 5.75 Å². The van der Waals surface area contributed by atoms with Gasteiger partial charge in [0.25, 0.3) is 0 Å². The van der Waals surface area contributed by atoms with Gasteiger partial charge in [-0.25, -0.2) is 4.79 Å². The minimum absolute atomic E-state index is 0.0406. The summed E-state index contributed by atoms with van der Waals surface area (Å²) in [4.78, 5) is 12.6. The maximum atomic E-state index is 12.6. The fourth-order valence-electron chi connectivity index (χ4n) is 6.01. The molecule has 2 aliphatic rings. The van der Waals surface area contributed by atoms with E-state index in [4.69, 9.17) is 4.74 Å². The monoisotopic (exact) mass is 576 g/mol. The van der Waals surface area contributed by atoms with Crippen molar-refractivity contribution in [2.45, 2.75) is 75.6 Å². The highest BCUT2D eigenvalue weighted by molar-refractivity contribution is 5.74. The Kier molecular flexibility index (Phi) is 9.45. The summed E-state index contributed by atoms with van der Waals surface area (Å²) in [6, 6.07) is 19.6. The van der Waals surface area contributed by atoms with Gasteiger partial charge in [-0.2, -0.15) is 0 Å². The van der Waals surface area contributed by atoms with Crippen LogP contribution in [0.15, 0.2) is 60.7 Å². The van der Waals surface area contributed by atoms with Crippen LogP contribution in [0, 0.1) is 6.92 Å². The van der Waals surface area contributed by atoms with Crippen LogP contribution in [0.3, 0.4) is 0 Å². The largest absolute Gasteiger partial charge is 0.508 e. The van der Waals surface area contributed by atoms with Crippen LogP contribution >= 0.6 is 0 Å². The molecule has 6 atom stereocenters. The molecule has 0 radical (unpaired) electrons. The fourth-order valence-corrected chi connectivity index (χ4v) is 6.01. The summed E-state index contributed by atoms with van der Waals surface area (Å²) in [5.41, 5.74) is 6.67. The lowest BCUT2D eigenvalue weighted by Gasteiger charge is -2.40. The summed E-state index contributed by atoms with van der Waals surface area (Å²) in [7, 11) is 0. The molecule has 0 aromatic heterocycles. The van der Waals surface area contributed by atoms with Gasteiger partial charge in [0.15, 0.2) is 0 Å². The lowest BCUT2D eigenvalue weighted by molar-refractivity contribution is -0.232. The molecule has 0 bridgehead atoms. The Morgan fingerprint density at radius 2 is 1.69 bits per heavy atom. The molecule has 3 aromatic carbocycles. The minimum atomic E-state index is -1.53. The number of aliphatic hydroxyl groups excluding tert-OH is 4. The number of aromatic hydroxyl groups is 1. The van der Waals surface area contributed by atoms with Gasteiger partial charge < -0.3 is 40.9 Å². The van der Waals surface area contributed by atoms with E-state index in [0.29, 0.717) is 19.4 Å². The first-order valence-electron chi connectivity index (χ1n) is 14.6. The van der Waals surface area contributed by atoms with E-state index in [1.54, 1.807) is 12.1 Å². The van der Waals surface area contributed by atoms with Crippen LogP contribution in [0.2, 0.25) is 0 Å². The quantitative estimate of drug-likeness (QED) is 0.218. The predicted octanol–water partition coefficient (Wildman–Crippen LogP) is 2.73. The number of urea groups is 1. The lowest BCUT2D eigenvalue weighted by Crippen LogP contribution is -2.55. The Morgan fingerprint density at radius 3 is 2.45 bits per heavy atom. The van der Waals surface area contributed by atoms with Crippen molar-refractivity contribution in [3.05, 3.63) is 99.6 Å². The zero-order chi connectivity index (χ0) is 29.8. The van der Waals surface area contributed by atoms with E-state index >= 15 is 0 Å². The molecule has 0 saturated carbocycles. The number of benzene rings is 3. The van der Waals surface area contributed by atoms with Gasteiger partial charge in [-0.1, -0.05) is 48.5 Å². The lowest BCUT2D eigenvalue weighted by atomic mass is 9.88. The van der Waals surface area contributed by atoms with Crippen molar-refractivity contribution in [1.29, 1.82) is 0 Å². The van der Waals surface area contributed by atoms with E-state index in [1.807, 2.05) is 43.3 Å². The molecule has 1 unspecified atom stereocenters. The Balaban J connectivity index is 1.17. The maximum Gasteiger partial charge on any atom is 0.315 e. The van der Waals surface area contributed by atoms with E-state index in [9.17, 15) is 30.3 Å². The number of phenolic OH excluding ortho intramolecular Hbond substituents is 1. The number of hydrogen-bond donors (Lipinski definition) is 7. The average molecular weight is 577 g/mol. The summed E-state index contributed by atoms with van der Waals surface area (Å²) in [5, 5.41) is 57.1. The SMILES string of the molecule is Cc1cc(O)c([C@@H]2O[C@H](CO)[C@@H](O)[C@H](O)[C@H]2O)cc1Cc1ccc(CCNC(=O)NC2CCCc3ccccc32)cc1. The number of rotatable bonds is 8. The number of aliphatic hydroxyl groups is 4. The molecule has 1 aliphatic carbocycles. The highest BCUT2D eigenvalue weighted by Gasteiger charge is 2.44. The fraction of sp³-hybridized carbons (Fsp3) is 0.424. The summed E-state index contributed by atoms with van der Waals surface area (Å²) in [5.74, 6) is -0.0971. The maximum absolute atomic E-state index is 12.6. The zero-order valence-corrected chi connectivity index (χ0v) is 23.7.